The second kappa shape index (κ2) is 8.84. The highest BCUT2D eigenvalue weighted by atomic mass is 35.5. The van der Waals surface area contributed by atoms with Crippen molar-refractivity contribution in [1.82, 2.24) is 14.6 Å². The fourth-order valence-corrected chi connectivity index (χ4v) is 2.83. The molecule has 0 aliphatic carbocycles. The van der Waals surface area contributed by atoms with Crippen molar-refractivity contribution in [3.05, 3.63) is 46.8 Å². The lowest BCUT2D eigenvalue weighted by molar-refractivity contribution is -0.129. The molecule has 0 aliphatic rings. The van der Waals surface area contributed by atoms with Gasteiger partial charge in [-0.15, -0.1) is 5.10 Å². The number of alkyl halides is 2. The summed E-state index contributed by atoms with van der Waals surface area (Å²) in [5, 5.41) is 7.47. The van der Waals surface area contributed by atoms with Crippen molar-refractivity contribution in [3.8, 4) is 11.8 Å². The summed E-state index contributed by atoms with van der Waals surface area (Å²) in [5.74, 6) is 7.12. The van der Waals surface area contributed by atoms with Crippen LogP contribution in [0.25, 0.3) is 5.52 Å². The monoisotopic (exact) mass is 394 g/mol. The lowest BCUT2D eigenvalue weighted by atomic mass is 10.1. The van der Waals surface area contributed by atoms with E-state index < -0.39 is 6.61 Å². The fraction of sp³-hybridized carbons (Fsp3) is 0.333. The number of aryl methyl sites for hydroxylation is 1. The first kappa shape index (κ1) is 19.1. The van der Waals surface area contributed by atoms with Crippen molar-refractivity contribution in [1.29, 1.82) is 0 Å². The molecule has 0 spiro atoms. The molecule has 9 heteroatoms. The lowest BCUT2D eigenvalue weighted by Crippen LogP contribution is -2.06. The van der Waals surface area contributed by atoms with Crippen molar-refractivity contribution in [2.75, 3.05) is 11.9 Å². The van der Waals surface area contributed by atoms with Crippen molar-refractivity contribution in [2.24, 2.45) is 0 Å². The first-order valence-electron chi connectivity index (χ1n) is 8.25. The maximum atomic E-state index is 12.1. The molecule has 0 bridgehead atoms. The molecule has 3 aromatic heterocycles. The van der Waals surface area contributed by atoms with Gasteiger partial charge >= 0.3 is 6.61 Å². The lowest BCUT2D eigenvalue weighted by Gasteiger charge is -2.06. The normalized spacial score (nSPS) is 11.0. The second-order valence-corrected chi connectivity index (χ2v) is 5.93. The van der Waals surface area contributed by atoms with Crippen LogP contribution in [0.2, 0.25) is 5.28 Å². The minimum Gasteiger partial charge on any atom is -0.467 e. The molecule has 0 aromatic carbocycles. The number of hydrogen-bond acceptors (Lipinski definition) is 5. The summed E-state index contributed by atoms with van der Waals surface area (Å²) in [7, 11) is 0. The summed E-state index contributed by atoms with van der Waals surface area (Å²) in [5.41, 5.74) is 2.20. The number of hydrogen-bond donors (Lipinski definition) is 1. The molecule has 0 radical (unpaired) electrons. The van der Waals surface area contributed by atoms with Gasteiger partial charge in [0.2, 0.25) is 5.28 Å². The van der Waals surface area contributed by atoms with Crippen LogP contribution in [0, 0.1) is 11.8 Å². The van der Waals surface area contributed by atoms with Crippen LogP contribution in [0.3, 0.4) is 0 Å². The van der Waals surface area contributed by atoms with Gasteiger partial charge in [-0.25, -0.2) is 4.52 Å². The number of anilines is 1. The van der Waals surface area contributed by atoms with Crippen LogP contribution >= 0.6 is 11.6 Å². The summed E-state index contributed by atoms with van der Waals surface area (Å²) in [6.07, 6.45) is 2.52. The van der Waals surface area contributed by atoms with Gasteiger partial charge in [0.1, 0.15) is 17.0 Å². The number of nitrogens with one attached hydrogen (secondary N) is 1. The van der Waals surface area contributed by atoms with Gasteiger partial charge in [0.25, 0.3) is 0 Å². The maximum absolute atomic E-state index is 12.1. The molecule has 0 amide bonds. The molecule has 3 rings (SSSR count). The molecule has 0 aliphatic heterocycles. The number of fused-ring (bicyclic) bond motifs is 1. The van der Waals surface area contributed by atoms with Crippen LogP contribution in [-0.2, 0) is 17.7 Å². The highest BCUT2D eigenvalue weighted by molar-refractivity contribution is 6.28. The van der Waals surface area contributed by atoms with Crippen molar-refractivity contribution >= 4 is 22.9 Å². The Kier molecular flexibility index (Phi) is 6.27. The molecule has 27 heavy (non-hydrogen) atoms. The molecule has 0 saturated heterocycles. The van der Waals surface area contributed by atoms with Gasteiger partial charge in [0.15, 0.2) is 5.82 Å². The Hall–Kier alpha value is -2.63. The third-order valence-corrected chi connectivity index (χ3v) is 3.93. The maximum Gasteiger partial charge on any atom is 0.345 e. The van der Waals surface area contributed by atoms with Gasteiger partial charge in [-0.05, 0) is 61.0 Å². The van der Waals surface area contributed by atoms with E-state index in [1.807, 2.05) is 12.1 Å². The van der Waals surface area contributed by atoms with Crippen LogP contribution in [0.15, 0.2) is 28.9 Å². The van der Waals surface area contributed by atoms with E-state index in [9.17, 15) is 8.78 Å². The molecule has 0 atom stereocenters. The number of rotatable bonds is 8. The summed E-state index contributed by atoms with van der Waals surface area (Å²) in [6.45, 7) is -0.677. The van der Waals surface area contributed by atoms with Gasteiger partial charge in [-0.1, -0.05) is 5.92 Å². The molecule has 3 heterocycles. The summed E-state index contributed by atoms with van der Waals surface area (Å²) in [6, 6.07) is 5.52. The first-order chi connectivity index (χ1) is 13.1. The van der Waals surface area contributed by atoms with E-state index >= 15 is 0 Å². The zero-order valence-corrected chi connectivity index (χ0v) is 15.3. The standard InChI is InChI=1S/C18H17ClF2N4O2/c1-2-5-14-12(6-3-9-27-18(20)21)10-15-16(23-17(19)24-25(14)15)22-11-13-7-4-8-26-13/h4,7-8,10,18H,3,6,9,11H2,1H3,(H,22,23,24). The summed E-state index contributed by atoms with van der Waals surface area (Å²) < 4.78 is 35.5. The Morgan fingerprint density at radius 2 is 2.30 bits per heavy atom. The number of nitrogens with zero attached hydrogens (tertiary/aromatic N) is 3. The van der Waals surface area contributed by atoms with E-state index in [-0.39, 0.29) is 11.9 Å². The minimum absolute atomic E-state index is 0.0428. The first-order valence-corrected chi connectivity index (χ1v) is 8.63. The summed E-state index contributed by atoms with van der Waals surface area (Å²) in [4.78, 5) is 4.24. The number of ether oxygens (including phenoxy) is 1. The van der Waals surface area contributed by atoms with E-state index in [2.05, 4.69) is 32.0 Å². The molecule has 3 aromatic rings. The third kappa shape index (κ3) is 4.76. The third-order valence-electron chi connectivity index (χ3n) is 3.77. The van der Waals surface area contributed by atoms with Crippen LogP contribution in [0.1, 0.15) is 30.4 Å². The molecule has 1 N–H and O–H groups in total. The quantitative estimate of drug-likeness (QED) is 0.459. The average molecular weight is 395 g/mol. The SMILES string of the molecule is CC#Cc1c(CCCOC(F)F)cc2c(NCc3ccco3)nc(Cl)nn12. The number of aromatic nitrogens is 3. The van der Waals surface area contributed by atoms with Crippen molar-refractivity contribution in [3.63, 3.8) is 0 Å². The molecule has 0 unspecified atom stereocenters. The van der Waals surface area contributed by atoms with Gasteiger partial charge in [0, 0.05) is 0 Å². The van der Waals surface area contributed by atoms with Gasteiger partial charge < -0.3 is 14.5 Å². The predicted octanol–water partition coefficient (Wildman–Crippen LogP) is 4.13. The van der Waals surface area contributed by atoms with E-state index in [1.165, 1.54) is 0 Å². The number of furan rings is 1. The molecule has 0 fully saturated rings. The zero-order chi connectivity index (χ0) is 19.2. The van der Waals surface area contributed by atoms with Crippen LogP contribution in [0.4, 0.5) is 14.6 Å². The largest absolute Gasteiger partial charge is 0.467 e. The highest BCUT2D eigenvalue weighted by Crippen LogP contribution is 2.24. The number of halogens is 3. The molecular weight excluding hydrogens is 378 g/mol. The summed E-state index contributed by atoms with van der Waals surface area (Å²) >= 11 is 6.07. The van der Waals surface area contributed by atoms with Gasteiger partial charge in [-0.2, -0.15) is 13.8 Å². The van der Waals surface area contributed by atoms with E-state index in [0.717, 1.165) is 11.3 Å². The van der Waals surface area contributed by atoms with Crippen molar-refractivity contribution in [2.45, 2.75) is 32.9 Å². The molecule has 142 valence electrons. The predicted molar refractivity (Wildman–Crippen MR) is 96.9 cm³/mol. The Morgan fingerprint density at radius 1 is 1.44 bits per heavy atom. The molecular formula is C18H17ClF2N4O2. The zero-order valence-electron chi connectivity index (χ0n) is 14.5. The van der Waals surface area contributed by atoms with Crippen molar-refractivity contribution < 1.29 is 17.9 Å². The van der Waals surface area contributed by atoms with E-state index in [0.29, 0.717) is 36.4 Å². The molecule has 0 saturated carbocycles. The van der Waals surface area contributed by atoms with E-state index in [1.54, 1.807) is 23.8 Å². The Bertz CT molecular complexity index is 961. The van der Waals surface area contributed by atoms with Crippen LogP contribution in [0.5, 0.6) is 0 Å². The smallest absolute Gasteiger partial charge is 0.345 e. The Balaban J connectivity index is 1.89. The fourth-order valence-electron chi connectivity index (χ4n) is 2.67. The minimum atomic E-state index is -2.77. The van der Waals surface area contributed by atoms with Gasteiger partial charge in [-0.3, -0.25) is 0 Å². The van der Waals surface area contributed by atoms with Gasteiger partial charge in [0.05, 0.1) is 19.4 Å². The Morgan fingerprint density at radius 3 is 3.00 bits per heavy atom. The van der Waals surface area contributed by atoms with E-state index in [4.69, 9.17) is 16.0 Å². The highest BCUT2D eigenvalue weighted by Gasteiger charge is 2.15. The topological polar surface area (TPSA) is 64.6 Å². The Labute approximate surface area is 159 Å². The van der Waals surface area contributed by atoms with Crippen LogP contribution < -0.4 is 5.32 Å². The molecule has 6 nitrogen and oxygen atoms in total. The average Bonchev–Trinajstić information content (AvgIpc) is 3.26. The van der Waals surface area contributed by atoms with Crippen LogP contribution in [-0.4, -0.2) is 27.8 Å². The second-order valence-electron chi connectivity index (χ2n) is 5.59.